The molecule has 148 valence electrons. The number of rotatable bonds is 2. The predicted octanol–water partition coefficient (Wildman–Crippen LogP) is 3.03. The summed E-state index contributed by atoms with van der Waals surface area (Å²) in [5.74, 6) is 1.05. The summed E-state index contributed by atoms with van der Waals surface area (Å²) in [7, 11) is 1.82. The monoisotopic (exact) mass is 482 g/mol. The minimum absolute atomic E-state index is 0. The molecule has 1 N–H and O–H groups in total. The molecule has 1 aromatic rings. The normalized spacial score (nSPS) is 21.1. The fourth-order valence-corrected chi connectivity index (χ4v) is 4.96. The molecule has 2 heterocycles. The third kappa shape index (κ3) is 4.41. The van der Waals surface area contributed by atoms with Gasteiger partial charge in [0.15, 0.2) is 5.96 Å². The van der Waals surface area contributed by atoms with E-state index in [-0.39, 0.29) is 29.9 Å². The molecule has 1 amide bonds. The van der Waals surface area contributed by atoms with Gasteiger partial charge in [0.05, 0.1) is 6.54 Å². The van der Waals surface area contributed by atoms with Crippen molar-refractivity contribution < 1.29 is 4.79 Å². The number of nitrogens with one attached hydrogen (secondary N) is 1. The molecule has 1 aromatic carbocycles. The molecule has 1 saturated carbocycles. The molecule has 6 heteroatoms. The van der Waals surface area contributed by atoms with Crippen LogP contribution in [0.5, 0.6) is 0 Å². The first-order chi connectivity index (χ1) is 12.7. The standard InChI is InChI=1S/C21H30N4O.HI/c1-22-20(25-13-11-21(16-25)9-4-5-10-21)23-14-19(26)24-12-8-17-6-2-3-7-18(17)15-24;/h2-3,6-7H,4-5,8-16H2,1H3,(H,22,23);1H. The van der Waals surface area contributed by atoms with Crippen LogP contribution in [0.4, 0.5) is 0 Å². The maximum atomic E-state index is 12.7. The van der Waals surface area contributed by atoms with E-state index in [9.17, 15) is 4.79 Å². The van der Waals surface area contributed by atoms with Gasteiger partial charge in [0.25, 0.3) is 0 Å². The van der Waals surface area contributed by atoms with Crippen molar-refractivity contribution in [1.82, 2.24) is 15.1 Å². The Morgan fingerprint density at radius 3 is 2.59 bits per heavy atom. The van der Waals surface area contributed by atoms with Crippen molar-refractivity contribution in [2.45, 2.75) is 45.1 Å². The van der Waals surface area contributed by atoms with E-state index in [0.717, 1.165) is 38.6 Å². The highest BCUT2D eigenvalue weighted by molar-refractivity contribution is 14.0. The Labute approximate surface area is 179 Å². The second-order valence-corrected chi connectivity index (χ2v) is 8.11. The van der Waals surface area contributed by atoms with Crippen molar-refractivity contribution >= 4 is 35.8 Å². The van der Waals surface area contributed by atoms with Gasteiger partial charge in [-0.05, 0) is 42.2 Å². The predicted molar refractivity (Wildman–Crippen MR) is 119 cm³/mol. The van der Waals surface area contributed by atoms with Gasteiger partial charge in [0.2, 0.25) is 5.91 Å². The molecular weight excluding hydrogens is 451 g/mol. The number of carbonyl (C=O) groups is 1. The average Bonchev–Trinajstić information content (AvgIpc) is 3.32. The Hall–Kier alpha value is -1.31. The first kappa shape index (κ1) is 20.4. The molecule has 1 saturated heterocycles. The van der Waals surface area contributed by atoms with Crippen LogP contribution in [-0.2, 0) is 17.8 Å². The Bertz CT molecular complexity index is 699. The van der Waals surface area contributed by atoms with Crippen molar-refractivity contribution in [2.75, 3.05) is 33.2 Å². The number of nitrogens with zero attached hydrogens (tertiary/aromatic N) is 3. The lowest BCUT2D eigenvalue weighted by molar-refractivity contribution is -0.130. The van der Waals surface area contributed by atoms with Crippen LogP contribution in [0.1, 0.15) is 43.2 Å². The molecule has 1 spiro atoms. The molecule has 2 aliphatic heterocycles. The van der Waals surface area contributed by atoms with Gasteiger partial charge in [-0.1, -0.05) is 37.1 Å². The molecule has 0 aromatic heterocycles. The van der Waals surface area contributed by atoms with Crippen molar-refractivity contribution in [1.29, 1.82) is 0 Å². The quantitative estimate of drug-likeness (QED) is 0.401. The third-order valence-corrected chi connectivity index (χ3v) is 6.49. The number of likely N-dealkylation sites (tertiary alicyclic amines) is 1. The maximum absolute atomic E-state index is 12.7. The van der Waals surface area contributed by atoms with E-state index in [0.29, 0.717) is 12.0 Å². The summed E-state index contributed by atoms with van der Waals surface area (Å²) < 4.78 is 0. The van der Waals surface area contributed by atoms with Gasteiger partial charge in [-0.2, -0.15) is 0 Å². The number of benzene rings is 1. The lowest BCUT2D eigenvalue weighted by Crippen LogP contribution is -2.47. The molecule has 2 fully saturated rings. The molecule has 27 heavy (non-hydrogen) atoms. The summed E-state index contributed by atoms with van der Waals surface area (Å²) in [6.45, 7) is 4.02. The molecule has 5 nitrogen and oxygen atoms in total. The largest absolute Gasteiger partial charge is 0.347 e. The number of hydrogen-bond donors (Lipinski definition) is 1. The van der Waals surface area contributed by atoms with E-state index in [1.54, 1.807) is 0 Å². The number of guanidine groups is 1. The summed E-state index contributed by atoms with van der Waals surface area (Å²) in [4.78, 5) is 21.4. The van der Waals surface area contributed by atoms with Gasteiger partial charge in [0.1, 0.15) is 0 Å². The summed E-state index contributed by atoms with van der Waals surface area (Å²) in [5, 5.41) is 3.32. The summed E-state index contributed by atoms with van der Waals surface area (Å²) in [6, 6.07) is 8.43. The van der Waals surface area contributed by atoms with Crippen LogP contribution in [0.3, 0.4) is 0 Å². The van der Waals surface area contributed by atoms with E-state index in [4.69, 9.17) is 0 Å². The minimum atomic E-state index is 0. The topological polar surface area (TPSA) is 47.9 Å². The van der Waals surface area contributed by atoms with Crippen molar-refractivity contribution in [3.05, 3.63) is 35.4 Å². The van der Waals surface area contributed by atoms with Crippen LogP contribution >= 0.6 is 24.0 Å². The van der Waals surface area contributed by atoms with E-state index in [1.807, 2.05) is 11.9 Å². The fourth-order valence-electron chi connectivity index (χ4n) is 4.96. The summed E-state index contributed by atoms with van der Waals surface area (Å²) in [6.07, 6.45) is 7.67. The molecule has 4 rings (SSSR count). The van der Waals surface area contributed by atoms with E-state index < -0.39 is 0 Å². The first-order valence-electron chi connectivity index (χ1n) is 9.99. The molecule has 0 bridgehead atoms. The fraction of sp³-hybridized carbons (Fsp3) is 0.619. The zero-order valence-electron chi connectivity index (χ0n) is 16.2. The van der Waals surface area contributed by atoms with Crippen LogP contribution in [-0.4, -0.2) is 54.9 Å². The number of fused-ring (bicyclic) bond motifs is 1. The highest BCUT2D eigenvalue weighted by Gasteiger charge is 2.41. The maximum Gasteiger partial charge on any atom is 0.242 e. The van der Waals surface area contributed by atoms with Gasteiger partial charge in [-0.3, -0.25) is 9.79 Å². The molecule has 1 aliphatic carbocycles. The molecule has 0 radical (unpaired) electrons. The van der Waals surface area contributed by atoms with E-state index in [2.05, 4.69) is 39.5 Å². The molecule has 3 aliphatic rings. The molecule has 0 unspecified atom stereocenters. The smallest absolute Gasteiger partial charge is 0.242 e. The Morgan fingerprint density at radius 2 is 1.85 bits per heavy atom. The summed E-state index contributed by atoms with van der Waals surface area (Å²) in [5.41, 5.74) is 3.16. The number of carbonyl (C=O) groups excluding carboxylic acids is 1. The highest BCUT2D eigenvalue weighted by atomic mass is 127. The van der Waals surface area contributed by atoms with Gasteiger partial charge in [-0.25, -0.2) is 0 Å². The van der Waals surface area contributed by atoms with E-state index in [1.165, 1.54) is 43.2 Å². The zero-order chi connectivity index (χ0) is 18.0. The van der Waals surface area contributed by atoms with Gasteiger partial charge >= 0.3 is 0 Å². The Morgan fingerprint density at radius 1 is 1.11 bits per heavy atom. The lowest BCUT2D eigenvalue weighted by Gasteiger charge is -2.30. The SMILES string of the molecule is CN=C(NCC(=O)N1CCc2ccccc2C1)N1CCC2(CCCC2)C1.I. The van der Waals surface area contributed by atoms with Gasteiger partial charge < -0.3 is 15.1 Å². The number of amides is 1. The zero-order valence-corrected chi connectivity index (χ0v) is 18.6. The van der Waals surface area contributed by atoms with Crippen LogP contribution in [0.15, 0.2) is 29.3 Å². The number of halogens is 1. The second kappa shape index (κ2) is 8.80. The molecule has 0 atom stereocenters. The van der Waals surface area contributed by atoms with Crippen LogP contribution in [0, 0.1) is 5.41 Å². The van der Waals surface area contributed by atoms with Crippen molar-refractivity contribution in [3.8, 4) is 0 Å². The van der Waals surface area contributed by atoms with Crippen LogP contribution in [0.25, 0.3) is 0 Å². The highest BCUT2D eigenvalue weighted by Crippen LogP contribution is 2.45. The van der Waals surface area contributed by atoms with Crippen LogP contribution < -0.4 is 5.32 Å². The second-order valence-electron chi connectivity index (χ2n) is 8.11. The van der Waals surface area contributed by atoms with Crippen LogP contribution in [0.2, 0.25) is 0 Å². The first-order valence-corrected chi connectivity index (χ1v) is 9.99. The van der Waals surface area contributed by atoms with E-state index >= 15 is 0 Å². The number of aliphatic imine (C=N–C) groups is 1. The van der Waals surface area contributed by atoms with Gasteiger partial charge in [-0.15, -0.1) is 24.0 Å². The van der Waals surface area contributed by atoms with Crippen molar-refractivity contribution in [3.63, 3.8) is 0 Å². The number of hydrogen-bond acceptors (Lipinski definition) is 2. The Balaban J connectivity index is 0.00000210. The Kier molecular flexibility index (Phi) is 6.65. The lowest BCUT2D eigenvalue weighted by atomic mass is 9.86. The third-order valence-electron chi connectivity index (χ3n) is 6.49. The molecular formula is C21H31IN4O. The van der Waals surface area contributed by atoms with Gasteiger partial charge in [0, 0.05) is 33.2 Å². The average molecular weight is 482 g/mol. The summed E-state index contributed by atoms with van der Waals surface area (Å²) >= 11 is 0. The minimum Gasteiger partial charge on any atom is -0.347 e. The van der Waals surface area contributed by atoms with Crippen molar-refractivity contribution in [2.24, 2.45) is 10.4 Å².